The van der Waals surface area contributed by atoms with Crippen molar-refractivity contribution in [3.63, 3.8) is 0 Å². The second kappa shape index (κ2) is 10.3. The summed E-state index contributed by atoms with van der Waals surface area (Å²) in [6.07, 6.45) is 2.09. The van der Waals surface area contributed by atoms with Crippen LogP contribution in [0.3, 0.4) is 0 Å². The van der Waals surface area contributed by atoms with E-state index in [2.05, 4.69) is 20.4 Å². The number of amides is 1. The average molecular weight is 470 g/mol. The molecule has 0 bridgehead atoms. The predicted octanol–water partition coefficient (Wildman–Crippen LogP) is 3.72. The molecule has 1 atom stereocenters. The Balaban J connectivity index is 1.64. The Morgan fingerprint density at radius 2 is 2.12 bits per heavy atom. The number of benzene rings is 1. The van der Waals surface area contributed by atoms with E-state index in [1.807, 2.05) is 20.8 Å². The highest BCUT2D eigenvalue weighted by Gasteiger charge is 2.24. The van der Waals surface area contributed by atoms with Gasteiger partial charge in [-0.05, 0) is 50.5 Å². The Kier molecular flexibility index (Phi) is 7.16. The van der Waals surface area contributed by atoms with E-state index in [1.165, 1.54) is 0 Å². The number of carboxylic acids is 1. The molecule has 0 radical (unpaired) electrons. The third kappa shape index (κ3) is 5.06. The molecular formula is C24H31N5O5. The molecule has 0 aliphatic carbocycles. The van der Waals surface area contributed by atoms with Crippen molar-refractivity contribution in [1.82, 2.24) is 19.7 Å². The maximum Gasteiger partial charge on any atom is 0.310 e. The molecular weight excluding hydrogens is 438 g/mol. The molecule has 0 saturated carbocycles. The number of nitrogens with one attached hydrogen (secondary N) is 2. The first kappa shape index (κ1) is 23.7. The summed E-state index contributed by atoms with van der Waals surface area (Å²) in [5.41, 5.74) is 2.99. The van der Waals surface area contributed by atoms with Crippen molar-refractivity contribution in [2.24, 2.45) is 5.92 Å². The molecule has 0 spiro atoms. The third-order valence-corrected chi connectivity index (χ3v) is 6.01. The molecule has 1 aliphatic heterocycles. The number of aromatic amines is 1. The van der Waals surface area contributed by atoms with Gasteiger partial charge in [-0.2, -0.15) is 5.10 Å². The van der Waals surface area contributed by atoms with Crippen LogP contribution >= 0.6 is 0 Å². The van der Waals surface area contributed by atoms with Crippen molar-refractivity contribution in [2.75, 3.05) is 25.1 Å². The van der Waals surface area contributed by atoms with Gasteiger partial charge in [-0.25, -0.2) is 4.98 Å². The minimum atomic E-state index is -0.880. The normalized spacial score (nSPS) is 14.7. The number of carbonyl (C=O) groups is 2. The Hall–Kier alpha value is -3.40. The number of aliphatic carboxylic acids is 1. The summed E-state index contributed by atoms with van der Waals surface area (Å²) in [4.78, 5) is 32.4. The van der Waals surface area contributed by atoms with Crippen molar-refractivity contribution in [1.29, 1.82) is 0 Å². The molecule has 1 amide bonds. The minimum Gasteiger partial charge on any atom is -0.491 e. The number of aromatic nitrogens is 4. The third-order valence-electron chi connectivity index (χ3n) is 6.01. The molecule has 1 aromatic carbocycles. The van der Waals surface area contributed by atoms with Gasteiger partial charge in [0, 0.05) is 12.5 Å². The number of carboxylic acid groups (broad SMARTS) is 1. The number of H-pyrrole nitrogens is 1. The molecule has 1 aliphatic rings. The van der Waals surface area contributed by atoms with E-state index in [0.717, 1.165) is 31.7 Å². The van der Waals surface area contributed by atoms with Crippen molar-refractivity contribution in [2.45, 2.75) is 52.5 Å². The number of ether oxygens (including phenoxy) is 2. The molecule has 34 heavy (non-hydrogen) atoms. The summed E-state index contributed by atoms with van der Waals surface area (Å²) in [7, 11) is 0. The first-order valence-corrected chi connectivity index (χ1v) is 11.7. The Labute approximate surface area is 197 Å². The van der Waals surface area contributed by atoms with Crippen LogP contribution in [0.5, 0.6) is 5.75 Å². The molecule has 1 fully saturated rings. The van der Waals surface area contributed by atoms with Crippen LogP contribution in [0.1, 0.15) is 60.8 Å². The summed E-state index contributed by atoms with van der Waals surface area (Å²) in [5.74, 6) is -0.621. The van der Waals surface area contributed by atoms with Crippen LogP contribution in [0.25, 0.3) is 11.0 Å². The zero-order valence-corrected chi connectivity index (χ0v) is 19.8. The zero-order valence-electron chi connectivity index (χ0n) is 19.8. The molecule has 3 aromatic rings. The number of fused-ring (bicyclic) bond motifs is 1. The summed E-state index contributed by atoms with van der Waals surface area (Å²) in [6.45, 7) is 8.23. The lowest BCUT2D eigenvalue weighted by molar-refractivity contribution is -0.139. The number of rotatable bonds is 11. The summed E-state index contributed by atoms with van der Waals surface area (Å²) in [5, 5.41) is 16.9. The van der Waals surface area contributed by atoms with Gasteiger partial charge < -0.3 is 19.6 Å². The van der Waals surface area contributed by atoms with Crippen LogP contribution in [0.4, 0.5) is 5.95 Å². The number of hydrogen-bond acceptors (Lipinski definition) is 6. The van der Waals surface area contributed by atoms with Crippen molar-refractivity contribution in [3.05, 3.63) is 35.2 Å². The summed E-state index contributed by atoms with van der Waals surface area (Å²) >= 11 is 0. The van der Waals surface area contributed by atoms with Crippen LogP contribution in [-0.2, 0) is 16.1 Å². The monoisotopic (exact) mass is 469 g/mol. The van der Waals surface area contributed by atoms with Gasteiger partial charge in [-0.1, -0.05) is 13.3 Å². The van der Waals surface area contributed by atoms with Crippen molar-refractivity contribution in [3.8, 4) is 5.75 Å². The van der Waals surface area contributed by atoms with E-state index in [-0.39, 0.29) is 11.9 Å². The second-order valence-electron chi connectivity index (χ2n) is 8.66. The molecule has 2 aromatic heterocycles. The van der Waals surface area contributed by atoms with Gasteiger partial charge in [0.2, 0.25) is 5.95 Å². The zero-order chi connectivity index (χ0) is 24.2. The van der Waals surface area contributed by atoms with E-state index in [0.29, 0.717) is 53.5 Å². The summed E-state index contributed by atoms with van der Waals surface area (Å²) in [6, 6.07) is 5.26. The highest BCUT2D eigenvalue weighted by molar-refractivity contribution is 6.03. The van der Waals surface area contributed by atoms with Crippen molar-refractivity contribution >= 4 is 28.9 Å². The fourth-order valence-electron chi connectivity index (χ4n) is 4.13. The van der Waals surface area contributed by atoms with Gasteiger partial charge in [0.1, 0.15) is 17.0 Å². The maximum atomic E-state index is 12.9. The van der Waals surface area contributed by atoms with Crippen molar-refractivity contribution < 1.29 is 24.2 Å². The Morgan fingerprint density at radius 3 is 2.76 bits per heavy atom. The van der Waals surface area contributed by atoms with Crippen LogP contribution in [0.2, 0.25) is 0 Å². The molecule has 1 saturated heterocycles. The second-order valence-corrected chi connectivity index (χ2v) is 8.66. The predicted molar refractivity (Wildman–Crippen MR) is 126 cm³/mol. The van der Waals surface area contributed by atoms with Gasteiger partial charge in [-0.15, -0.1) is 0 Å². The average Bonchev–Trinajstić information content (AvgIpc) is 3.35. The number of anilines is 1. The fraction of sp³-hybridized carbons (Fsp3) is 0.500. The van der Waals surface area contributed by atoms with Crippen LogP contribution in [0.15, 0.2) is 18.2 Å². The smallest absolute Gasteiger partial charge is 0.310 e. The molecule has 4 rings (SSSR count). The molecule has 1 unspecified atom stereocenters. The highest BCUT2D eigenvalue weighted by atomic mass is 16.5. The molecule has 3 N–H and O–H groups in total. The molecule has 182 valence electrons. The summed E-state index contributed by atoms with van der Waals surface area (Å²) < 4.78 is 12.9. The number of hydrogen-bond donors (Lipinski definition) is 3. The van der Waals surface area contributed by atoms with Gasteiger partial charge in [-0.3, -0.25) is 19.6 Å². The Morgan fingerprint density at radius 1 is 1.32 bits per heavy atom. The van der Waals surface area contributed by atoms with Gasteiger partial charge in [0.25, 0.3) is 5.91 Å². The largest absolute Gasteiger partial charge is 0.491 e. The first-order chi connectivity index (χ1) is 16.4. The quantitative estimate of drug-likeness (QED) is 0.390. The lowest BCUT2D eigenvalue weighted by atomic mass is 9.94. The van der Waals surface area contributed by atoms with Gasteiger partial charge >= 0.3 is 5.97 Å². The lowest BCUT2D eigenvalue weighted by Crippen LogP contribution is -2.28. The van der Waals surface area contributed by atoms with Gasteiger partial charge in [0.15, 0.2) is 0 Å². The van der Waals surface area contributed by atoms with E-state index in [9.17, 15) is 14.7 Å². The number of carbonyl (C=O) groups excluding carboxylic acids is 1. The number of nitrogens with zero attached hydrogens (tertiary/aromatic N) is 3. The van der Waals surface area contributed by atoms with E-state index < -0.39 is 11.9 Å². The van der Waals surface area contributed by atoms with E-state index in [4.69, 9.17) is 9.47 Å². The van der Waals surface area contributed by atoms with Crippen LogP contribution in [-0.4, -0.2) is 56.6 Å². The SMILES string of the molecule is CCCC(C(=O)O)c1cc(OCCC2COC2)c2nc(NC(=O)c3cc(C)nn3CC)[nH]c2c1. The van der Waals surface area contributed by atoms with Crippen LogP contribution < -0.4 is 10.1 Å². The number of aryl methyl sites for hydroxylation is 2. The topological polar surface area (TPSA) is 131 Å². The molecule has 3 heterocycles. The standard InChI is InChI=1S/C24H31N5O5/c1-4-6-17(23(31)32)16-10-18-21(20(11-16)34-8-7-15-12-33-13-15)26-24(25-18)27-22(30)19-9-14(3)28-29(19)5-2/h9-11,15,17H,4-8,12-13H2,1-3H3,(H,31,32)(H2,25,26,27,30). The highest BCUT2D eigenvalue weighted by Crippen LogP contribution is 2.33. The van der Waals surface area contributed by atoms with Crippen LogP contribution in [0, 0.1) is 12.8 Å². The minimum absolute atomic E-state index is 0.262. The van der Waals surface area contributed by atoms with E-state index in [1.54, 1.807) is 22.9 Å². The lowest BCUT2D eigenvalue weighted by Gasteiger charge is -2.25. The maximum absolute atomic E-state index is 12.9. The molecule has 10 heteroatoms. The number of imidazole rings is 1. The Bertz CT molecular complexity index is 1180. The fourth-order valence-corrected chi connectivity index (χ4v) is 4.13. The van der Waals surface area contributed by atoms with E-state index >= 15 is 0 Å². The molecule has 10 nitrogen and oxygen atoms in total. The first-order valence-electron chi connectivity index (χ1n) is 11.7. The van der Waals surface area contributed by atoms with Gasteiger partial charge in [0.05, 0.1) is 36.9 Å².